The highest BCUT2D eigenvalue weighted by Crippen LogP contribution is 2.52. The molecule has 1 saturated carbocycles. The maximum absolute atomic E-state index is 12.6. The van der Waals surface area contributed by atoms with Crippen LogP contribution in [0.4, 0.5) is 5.13 Å². The van der Waals surface area contributed by atoms with Crippen molar-refractivity contribution in [1.29, 1.82) is 0 Å². The lowest BCUT2D eigenvalue weighted by Crippen LogP contribution is -2.39. The molecule has 1 saturated heterocycles. The quantitative estimate of drug-likeness (QED) is 0.647. The third kappa shape index (κ3) is 2.59. The van der Waals surface area contributed by atoms with Crippen molar-refractivity contribution in [3.63, 3.8) is 0 Å². The van der Waals surface area contributed by atoms with Gasteiger partial charge in [0.2, 0.25) is 17.7 Å². The SMILES string of the molecule is O=C(CN1C(=O)[C@@H]2[C@@H](C1=O)[C@H]1C=C[C@@H]2C1)Nc1nc(-c2ccccn2)cs1. The van der Waals surface area contributed by atoms with Gasteiger partial charge >= 0.3 is 0 Å². The van der Waals surface area contributed by atoms with Crippen molar-refractivity contribution in [2.24, 2.45) is 23.7 Å². The number of amides is 3. The normalized spacial score (nSPS) is 28.1. The third-order valence-electron chi connectivity index (χ3n) is 5.54. The lowest BCUT2D eigenvalue weighted by Gasteiger charge is -2.16. The Bertz CT molecular complexity index is 940. The molecule has 5 rings (SSSR count). The highest BCUT2D eigenvalue weighted by atomic mass is 32.1. The molecule has 2 aliphatic carbocycles. The van der Waals surface area contributed by atoms with Crippen LogP contribution in [0.5, 0.6) is 0 Å². The number of fused-ring (bicyclic) bond motifs is 5. The van der Waals surface area contributed by atoms with Gasteiger partial charge in [-0.25, -0.2) is 4.98 Å². The highest BCUT2D eigenvalue weighted by molar-refractivity contribution is 7.14. The van der Waals surface area contributed by atoms with Crippen LogP contribution in [0.3, 0.4) is 0 Å². The first-order valence-electron chi connectivity index (χ1n) is 8.82. The molecule has 7 nitrogen and oxygen atoms in total. The number of carbonyl (C=O) groups excluding carboxylic acids is 3. The standard InChI is InChI=1S/C19H16N4O3S/c24-14(22-19-21-13(9-27-19)12-3-1-2-6-20-12)8-23-17(25)15-10-4-5-11(7-10)16(15)18(23)26/h1-6,9-11,15-16H,7-8H2,(H,21,22,24)/t10-,11+,15-,16-/m0/s1. The summed E-state index contributed by atoms with van der Waals surface area (Å²) in [6.07, 6.45) is 6.63. The Kier molecular flexibility index (Phi) is 3.68. The van der Waals surface area contributed by atoms with Gasteiger partial charge in [0.05, 0.1) is 17.5 Å². The molecule has 1 aliphatic heterocycles. The Balaban J connectivity index is 1.26. The maximum atomic E-state index is 12.6. The molecule has 0 radical (unpaired) electrons. The zero-order chi connectivity index (χ0) is 18.5. The number of likely N-dealkylation sites (tertiary alicyclic amines) is 1. The monoisotopic (exact) mass is 380 g/mol. The van der Waals surface area contributed by atoms with E-state index >= 15 is 0 Å². The molecule has 0 aromatic carbocycles. The van der Waals surface area contributed by atoms with E-state index in [0.29, 0.717) is 10.8 Å². The number of thiazole rings is 1. The number of carbonyl (C=O) groups is 3. The fourth-order valence-corrected chi connectivity index (χ4v) is 5.11. The van der Waals surface area contributed by atoms with E-state index in [1.54, 1.807) is 11.6 Å². The number of allylic oxidation sites excluding steroid dienone is 2. The van der Waals surface area contributed by atoms with Crippen molar-refractivity contribution in [2.75, 3.05) is 11.9 Å². The second kappa shape index (κ2) is 6.09. The third-order valence-corrected chi connectivity index (χ3v) is 6.30. The van der Waals surface area contributed by atoms with E-state index in [2.05, 4.69) is 15.3 Å². The molecule has 0 spiro atoms. The number of aromatic nitrogens is 2. The van der Waals surface area contributed by atoms with Crippen molar-refractivity contribution in [3.05, 3.63) is 41.9 Å². The number of nitrogens with one attached hydrogen (secondary N) is 1. The fraction of sp³-hybridized carbons (Fsp3) is 0.316. The number of hydrogen-bond donors (Lipinski definition) is 1. The van der Waals surface area contributed by atoms with Crippen LogP contribution >= 0.6 is 11.3 Å². The minimum atomic E-state index is -0.418. The zero-order valence-corrected chi connectivity index (χ0v) is 15.1. The summed E-state index contributed by atoms with van der Waals surface area (Å²) in [6.45, 7) is -0.261. The number of imide groups is 1. The first-order valence-corrected chi connectivity index (χ1v) is 9.70. The predicted molar refractivity (Wildman–Crippen MR) is 98.4 cm³/mol. The van der Waals surface area contributed by atoms with Gasteiger partial charge < -0.3 is 5.32 Å². The van der Waals surface area contributed by atoms with Gasteiger partial charge in [-0.05, 0) is 30.4 Å². The minimum Gasteiger partial charge on any atom is -0.300 e. The minimum absolute atomic E-state index is 0.143. The average molecular weight is 380 g/mol. The Morgan fingerprint density at radius 3 is 2.56 bits per heavy atom. The molecule has 3 aliphatic rings. The van der Waals surface area contributed by atoms with Gasteiger partial charge in [-0.15, -0.1) is 11.3 Å². The van der Waals surface area contributed by atoms with Crippen molar-refractivity contribution in [2.45, 2.75) is 6.42 Å². The molecular formula is C19H16N4O3S. The molecule has 2 bridgehead atoms. The lowest BCUT2D eigenvalue weighted by molar-refractivity contribution is -0.143. The summed E-state index contributed by atoms with van der Waals surface area (Å²) in [5.41, 5.74) is 1.39. The number of nitrogens with zero attached hydrogens (tertiary/aromatic N) is 3. The van der Waals surface area contributed by atoms with Crippen LogP contribution in [0.15, 0.2) is 41.9 Å². The van der Waals surface area contributed by atoms with Crippen molar-refractivity contribution >= 4 is 34.2 Å². The van der Waals surface area contributed by atoms with Gasteiger partial charge in [-0.2, -0.15) is 0 Å². The van der Waals surface area contributed by atoms with E-state index in [0.717, 1.165) is 17.0 Å². The summed E-state index contributed by atoms with van der Waals surface area (Å²) in [7, 11) is 0. The molecule has 27 heavy (non-hydrogen) atoms. The summed E-state index contributed by atoms with van der Waals surface area (Å²) in [6, 6.07) is 5.52. The molecule has 3 heterocycles. The van der Waals surface area contributed by atoms with Gasteiger partial charge in [0.25, 0.3) is 0 Å². The number of anilines is 1. The number of hydrogen-bond acceptors (Lipinski definition) is 6. The van der Waals surface area contributed by atoms with Gasteiger partial charge in [0.15, 0.2) is 5.13 Å². The van der Waals surface area contributed by atoms with Gasteiger partial charge in [0, 0.05) is 11.6 Å². The van der Waals surface area contributed by atoms with Crippen molar-refractivity contribution < 1.29 is 14.4 Å². The summed E-state index contributed by atoms with van der Waals surface area (Å²) >= 11 is 1.28. The van der Waals surface area contributed by atoms with E-state index in [-0.39, 0.29) is 42.0 Å². The first-order chi connectivity index (χ1) is 13.1. The maximum Gasteiger partial charge on any atom is 0.246 e. The van der Waals surface area contributed by atoms with Crippen molar-refractivity contribution in [3.8, 4) is 11.4 Å². The van der Waals surface area contributed by atoms with Crippen LogP contribution in [-0.2, 0) is 14.4 Å². The van der Waals surface area contributed by atoms with Crippen LogP contribution < -0.4 is 5.32 Å². The molecule has 136 valence electrons. The molecule has 3 amide bonds. The Labute approximate surface area is 159 Å². The molecule has 2 fully saturated rings. The van der Waals surface area contributed by atoms with Crippen LogP contribution in [0.2, 0.25) is 0 Å². The number of pyridine rings is 1. The topological polar surface area (TPSA) is 92.3 Å². The van der Waals surface area contributed by atoms with E-state index < -0.39 is 5.91 Å². The molecule has 1 N–H and O–H groups in total. The average Bonchev–Trinajstić information content (AvgIpc) is 3.44. The lowest BCUT2D eigenvalue weighted by atomic mass is 9.85. The predicted octanol–water partition coefficient (Wildman–Crippen LogP) is 1.95. The molecule has 4 atom stereocenters. The summed E-state index contributed by atoms with van der Waals surface area (Å²) in [4.78, 5) is 47.3. The summed E-state index contributed by atoms with van der Waals surface area (Å²) in [5.74, 6) is -1.13. The van der Waals surface area contributed by atoms with Crippen molar-refractivity contribution in [1.82, 2.24) is 14.9 Å². The molecule has 2 aromatic heterocycles. The Morgan fingerprint density at radius 2 is 1.89 bits per heavy atom. The molecular weight excluding hydrogens is 364 g/mol. The van der Waals surface area contributed by atoms with E-state index in [9.17, 15) is 14.4 Å². The Hall–Kier alpha value is -2.87. The second-order valence-corrected chi connectivity index (χ2v) is 7.92. The number of rotatable bonds is 4. The van der Waals surface area contributed by atoms with Gasteiger partial charge in [0.1, 0.15) is 12.2 Å². The van der Waals surface area contributed by atoms with Crippen LogP contribution in [0.1, 0.15) is 6.42 Å². The van der Waals surface area contributed by atoms with Crippen LogP contribution in [-0.4, -0.2) is 39.1 Å². The van der Waals surface area contributed by atoms with Crippen LogP contribution in [0, 0.1) is 23.7 Å². The molecule has 2 aromatic rings. The largest absolute Gasteiger partial charge is 0.300 e. The summed E-state index contributed by atoms with van der Waals surface area (Å²) in [5, 5.41) is 4.90. The van der Waals surface area contributed by atoms with E-state index in [1.165, 1.54) is 11.3 Å². The second-order valence-electron chi connectivity index (χ2n) is 7.06. The smallest absolute Gasteiger partial charge is 0.246 e. The fourth-order valence-electron chi connectivity index (χ4n) is 4.39. The highest BCUT2D eigenvalue weighted by Gasteiger charge is 2.59. The van der Waals surface area contributed by atoms with E-state index in [4.69, 9.17) is 0 Å². The summed E-state index contributed by atoms with van der Waals surface area (Å²) < 4.78 is 0. The molecule has 8 heteroatoms. The van der Waals surface area contributed by atoms with Crippen LogP contribution in [0.25, 0.3) is 11.4 Å². The van der Waals surface area contributed by atoms with Gasteiger partial charge in [-0.3, -0.25) is 24.3 Å². The first kappa shape index (κ1) is 16.3. The Morgan fingerprint density at radius 1 is 1.15 bits per heavy atom. The van der Waals surface area contributed by atoms with E-state index in [1.807, 2.05) is 30.4 Å². The molecule has 0 unspecified atom stereocenters. The van der Waals surface area contributed by atoms with Gasteiger partial charge in [-0.1, -0.05) is 18.2 Å². The zero-order valence-electron chi connectivity index (χ0n) is 14.2.